The van der Waals surface area contributed by atoms with Gasteiger partial charge in [-0.25, -0.2) is 13.8 Å². The van der Waals surface area contributed by atoms with E-state index in [2.05, 4.69) is 10.4 Å². The Morgan fingerprint density at radius 3 is 2.62 bits per heavy atom. The number of benzene rings is 3. The first-order valence-electron chi connectivity index (χ1n) is 12.4. The van der Waals surface area contributed by atoms with E-state index >= 15 is 0 Å². The molecule has 0 saturated heterocycles. The van der Waals surface area contributed by atoms with Crippen LogP contribution in [0.25, 0.3) is 10.9 Å². The Hall–Kier alpha value is -4.57. The molecular weight excluding hydrogens is 506 g/mol. The molecule has 1 aliphatic heterocycles. The maximum absolute atomic E-state index is 14.1. The Balaban J connectivity index is 1.39. The monoisotopic (exact) mass is 532 g/mol. The summed E-state index contributed by atoms with van der Waals surface area (Å²) in [7, 11) is 0. The number of hydrazone groups is 1. The van der Waals surface area contributed by atoms with Gasteiger partial charge < -0.3 is 15.5 Å². The number of halogens is 2. The molecule has 0 spiro atoms. The zero-order valence-corrected chi connectivity index (χ0v) is 21.2. The zero-order chi connectivity index (χ0) is 27.9. The van der Waals surface area contributed by atoms with Crippen LogP contribution in [0.3, 0.4) is 0 Å². The third-order valence-electron chi connectivity index (χ3n) is 6.78. The van der Waals surface area contributed by atoms with Crippen LogP contribution in [0.1, 0.15) is 36.2 Å². The van der Waals surface area contributed by atoms with E-state index in [1.165, 1.54) is 47.9 Å². The maximum Gasteiger partial charge on any atom is 0.273 e. The van der Waals surface area contributed by atoms with E-state index in [-0.39, 0.29) is 29.3 Å². The normalized spacial score (nSPS) is 16.4. The molecule has 39 heavy (non-hydrogen) atoms. The number of hydrogen-bond donors (Lipinski definition) is 3. The second-order valence-electron chi connectivity index (χ2n) is 9.38. The number of amides is 1. The van der Waals surface area contributed by atoms with E-state index in [0.717, 1.165) is 10.4 Å². The van der Waals surface area contributed by atoms with Crippen LogP contribution in [0.15, 0.2) is 84.1 Å². The van der Waals surface area contributed by atoms with Crippen molar-refractivity contribution in [2.45, 2.75) is 32.4 Å². The fraction of sp³-hybridized carbons (Fsp3) is 0.207. The van der Waals surface area contributed by atoms with Crippen LogP contribution in [0.4, 0.5) is 20.2 Å². The number of phenolic OH excluding ortho intramolecular Hbond substituents is 1. The lowest BCUT2D eigenvalue weighted by Crippen LogP contribution is -2.39. The van der Waals surface area contributed by atoms with Gasteiger partial charge in [-0.2, -0.15) is 5.10 Å². The van der Waals surface area contributed by atoms with Gasteiger partial charge >= 0.3 is 0 Å². The standard InChI is InChI=1S/C29H26F2N4O4/c1-3-29(30,31)20-7-5-8-21(15-20)32-26(37)25-17(2)33-35(28(25)39)22-11-10-18-12-13-34(24(18)16-22)27(38)19-6-4-9-23(36)14-19/h4-16,25-26,32,36-37H,3H2,1-2H3. The first kappa shape index (κ1) is 26.1. The molecule has 200 valence electrons. The van der Waals surface area contributed by atoms with Gasteiger partial charge in [0.2, 0.25) is 0 Å². The number of anilines is 2. The smallest absolute Gasteiger partial charge is 0.273 e. The number of hydrogen-bond acceptors (Lipinski definition) is 6. The molecule has 0 radical (unpaired) electrons. The summed E-state index contributed by atoms with van der Waals surface area (Å²) in [6.07, 6.45) is -0.182. The minimum atomic E-state index is -3.02. The molecule has 1 aliphatic rings. The van der Waals surface area contributed by atoms with Crippen LogP contribution in [0.2, 0.25) is 0 Å². The predicted molar refractivity (Wildman–Crippen MR) is 144 cm³/mol. The molecule has 1 aromatic heterocycles. The van der Waals surface area contributed by atoms with Crippen LogP contribution in [-0.2, 0) is 10.7 Å². The van der Waals surface area contributed by atoms with Crippen LogP contribution < -0.4 is 10.3 Å². The van der Waals surface area contributed by atoms with Crippen molar-refractivity contribution in [1.82, 2.24) is 4.57 Å². The van der Waals surface area contributed by atoms with Gasteiger partial charge in [-0.1, -0.05) is 31.2 Å². The molecule has 0 aliphatic carbocycles. The highest BCUT2D eigenvalue weighted by Crippen LogP contribution is 2.34. The fourth-order valence-corrected chi connectivity index (χ4v) is 4.63. The van der Waals surface area contributed by atoms with Crippen molar-refractivity contribution >= 4 is 39.8 Å². The SMILES string of the molecule is CCC(F)(F)c1cccc(NC(O)C2C(=O)N(c3ccc4ccn(C(=O)c5cccc(O)c5)c4c3)N=C2C)c1. The Bertz CT molecular complexity index is 1610. The first-order valence-corrected chi connectivity index (χ1v) is 12.4. The molecule has 2 unspecified atom stereocenters. The van der Waals surface area contributed by atoms with E-state index in [9.17, 15) is 28.6 Å². The molecule has 2 heterocycles. The van der Waals surface area contributed by atoms with Crippen LogP contribution >= 0.6 is 0 Å². The molecule has 8 nitrogen and oxygen atoms in total. The number of aliphatic hydroxyl groups is 1. The Kier molecular flexibility index (Phi) is 6.65. The third kappa shape index (κ3) is 4.86. The molecular formula is C29H26F2N4O4. The van der Waals surface area contributed by atoms with Crippen molar-refractivity contribution in [3.05, 3.63) is 90.1 Å². The average molecular weight is 533 g/mol. The quantitative estimate of drug-likeness (QED) is 0.280. The van der Waals surface area contributed by atoms with Crippen molar-refractivity contribution in [3.63, 3.8) is 0 Å². The van der Waals surface area contributed by atoms with E-state index < -0.39 is 24.0 Å². The summed E-state index contributed by atoms with van der Waals surface area (Å²) in [5.74, 6) is -4.98. The Morgan fingerprint density at radius 1 is 1.10 bits per heavy atom. The molecule has 2 atom stereocenters. The average Bonchev–Trinajstić information content (AvgIpc) is 3.47. The summed E-state index contributed by atoms with van der Waals surface area (Å²) < 4.78 is 29.7. The molecule has 3 aromatic carbocycles. The Labute approximate surface area is 222 Å². The zero-order valence-electron chi connectivity index (χ0n) is 21.2. The number of rotatable bonds is 7. The Morgan fingerprint density at radius 2 is 1.87 bits per heavy atom. The van der Waals surface area contributed by atoms with Crippen molar-refractivity contribution in [2.75, 3.05) is 10.3 Å². The maximum atomic E-state index is 14.1. The van der Waals surface area contributed by atoms with E-state index in [4.69, 9.17) is 0 Å². The minimum Gasteiger partial charge on any atom is -0.508 e. The van der Waals surface area contributed by atoms with Gasteiger partial charge in [0.1, 0.15) is 17.9 Å². The topological polar surface area (TPSA) is 107 Å². The first-order chi connectivity index (χ1) is 18.6. The number of fused-ring (bicyclic) bond motifs is 1. The van der Waals surface area contributed by atoms with Gasteiger partial charge in [0.05, 0.1) is 16.9 Å². The number of aromatic nitrogens is 1. The van der Waals surface area contributed by atoms with Crippen molar-refractivity contribution < 1.29 is 28.6 Å². The number of aromatic hydroxyl groups is 1. The van der Waals surface area contributed by atoms with Gasteiger partial charge in [-0.3, -0.25) is 14.2 Å². The lowest BCUT2D eigenvalue weighted by atomic mass is 10.0. The number of carbonyl (C=O) groups is 2. The second kappa shape index (κ2) is 9.95. The highest BCUT2D eigenvalue weighted by Gasteiger charge is 2.40. The van der Waals surface area contributed by atoms with Crippen LogP contribution in [0, 0.1) is 5.92 Å². The van der Waals surface area contributed by atoms with Gasteiger partial charge in [0, 0.05) is 34.8 Å². The summed E-state index contributed by atoms with van der Waals surface area (Å²) in [5.41, 5.74) is 1.59. The van der Waals surface area contributed by atoms with Crippen molar-refractivity contribution in [2.24, 2.45) is 11.0 Å². The number of phenols is 1. The highest BCUT2D eigenvalue weighted by molar-refractivity contribution is 6.16. The van der Waals surface area contributed by atoms with Gasteiger partial charge in [0.25, 0.3) is 17.7 Å². The molecule has 4 aromatic rings. The number of nitrogens with one attached hydrogen (secondary N) is 1. The number of nitrogens with zero attached hydrogens (tertiary/aromatic N) is 3. The molecule has 0 fully saturated rings. The third-order valence-corrected chi connectivity index (χ3v) is 6.78. The summed E-state index contributed by atoms with van der Waals surface area (Å²) >= 11 is 0. The number of aliphatic hydroxyl groups excluding tert-OH is 1. The number of alkyl halides is 2. The fourth-order valence-electron chi connectivity index (χ4n) is 4.63. The second-order valence-corrected chi connectivity index (χ2v) is 9.38. The van der Waals surface area contributed by atoms with E-state index in [0.29, 0.717) is 22.5 Å². The van der Waals surface area contributed by atoms with Gasteiger partial charge in [0.15, 0.2) is 0 Å². The van der Waals surface area contributed by atoms with Crippen molar-refractivity contribution in [3.8, 4) is 5.75 Å². The molecule has 10 heteroatoms. The minimum absolute atomic E-state index is 0.0329. The molecule has 1 amide bonds. The van der Waals surface area contributed by atoms with Crippen LogP contribution in [-0.4, -0.2) is 38.5 Å². The highest BCUT2D eigenvalue weighted by atomic mass is 19.3. The molecule has 0 saturated carbocycles. The summed E-state index contributed by atoms with van der Waals surface area (Å²) in [5, 5.41) is 29.6. The summed E-state index contributed by atoms with van der Waals surface area (Å²) in [4.78, 5) is 26.5. The van der Waals surface area contributed by atoms with E-state index in [1.807, 2.05) is 0 Å². The predicted octanol–water partition coefficient (Wildman–Crippen LogP) is 5.31. The molecule has 5 rings (SSSR count). The van der Waals surface area contributed by atoms with Gasteiger partial charge in [-0.05, 0) is 55.5 Å². The summed E-state index contributed by atoms with van der Waals surface area (Å²) in [6, 6.07) is 18.4. The largest absolute Gasteiger partial charge is 0.508 e. The lowest BCUT2D eigenvalue weighted by molar-refractivity contribution is -0.121. The summed E-state index contributed by atoms with van der Waals surface area (Å²) in [6.45, 7) is 2.99. The van der Waals surface area contributed by atoms with Crippen molar-refractivity contribution in [1.29, 1.82) is 0 Å². The van der Waals surface area contributed by atoms with Gasteiger partial charge in [-0.15, -0.1) is 0 Å². The van der Waals surface area contributed by atoms with Crippen LogP contribution in [0.5, 0.6) is 5.75 Å². The number of carbonyl (C=O) groups excluding carboxylic acids is 2. The molecule has 3 N–H and O–H groups in total. The molecule has 0 bridgehead atoms. The van der Waals surface area contributed by atoms with E-state index in [1.54, 1.807) is 49.5 Å². The lowest BCUT2D eigenvalue weighted by Gasteiger charge is -2.22.